The fourth-order valence-electron chi connectivity index (χ4n) is 2.19. The fraction of sp³-hybridized carbons (Fsp3) is 0.500. The lowest BCUT2D eigenvalue weighted by atomic mass is 10.1. The normalized spacial score (nSPS) is 12.6. The standard InChI is InChI=1S/C16H23N3O2/c1-4-21-14-7-5-13(6-8-14)15(20)9-16-17-11-18-19(16)10-12(2)3/h5-8,11-12,15,20H,4,9-10H2,1-3H3. The molecule has 0 aliphatic heterocycles. The van der Waals surface area contributed by atoms with Crippen molar-refractivity contribution in [2.24, 2.45) is 5.92 Å². The number of benzene rings is 1. The molecule has 1 N–H and O–H groups in total. The van der Waals surface area contributed by atoms with E-state index in [4.69, 9.17) is 4.74 Å². The van der Waals surface area contributed by atoms with Crippen molar-refractivity contribution in [2.45, 2.75) is 39.8 Å². The lowest BCUT2D eigenvalue weighted by Gasteiger charge is -2.13. The Morgan fingerprint density at radius 2 is 1.95 bits per heavy atom. The summed E-state index contributed by atoms with van der Waals surface area (Å²) in [5.74, 6) is 2.12. The van der Waals surface area contributed by atoms with Gasteiger partial charge in [0.15, 0.2) is 0 Å². The Labute approximate surface area is 125 Å². The monoisotopic (exact) mass is 289 g/mol. The summed E-state index contributed by atoms with van der Waals surface area (Å²) in [6.07, 6.45) is 1.42. The van der Waals surface area contributed by atoms with Crippen LogP contribution in [0.4, 0.5) is 0 Å². The molecule has 1 unspecified atom stereocenters. The summed E-state index contributed by atoms with van der Waals surface area (Å²) in [5, 5.41) is 14.6. The molecule has 0 saturated heterocycles. The zero-order chi connectivity index (χ0) is 15.2. The lowest BCUT2D eigenvalue weighted by molar-refractivity contribution is 0.173. The van der Waals surface area contributed by atoms with Gasteiger partial charge in [0.2, 0.25) is 0 Å². The van der Waals surface area contributed by atoms with Gasteiger partial charge in [0, 0.05) is 13.0 Å². The van der Waals surface area contributed by atoms with Crippen LogP contribution in [-0.2, 0) is 13.0 Å². The topological polar surface area (TPSA) is 60.2 Å². The highest BCUT2D eigenvalue weighted by Gasteiger charge is 2.14. The van der Waals surface area contributed by atoms with Gasteiger partial charge in [-0.25, -0.2) is 9.67 Å². The predicted octanol–water partition coefficient (Wildman–Crippen LogP) is 2.61. The van der Waals surface area contributed by atoms with Gasteiger partial charge in [0.25, 0.3) is 0 Å². The number of aromatic nitrogens is 3. The van der Waals surface area contributed by atoms with E-state index in [0.717, 1.165) is 23.7 Å². The number of aliphatic hydroxyl groups is 1. The second-order valence-corrected chi connectivity index (χ2v) is 5.47. The van der Waals surface area contributed by atoms with Gasteiger partial charge < -0.3 is 9.84 Å². The Morgan fingerprint density at radius 1 is 1.24 bits per heavy atom. The maximum atomic E-state index is 10.3. The van der Waals surface area contributed by atoms with E-state index in [1.54, 1.807) is 6.33 Å². The molecule has 1 aromatic heterocycles. The van der Waals surface area contributed by atoms with Crippen molar-refractivity contribution in [1.82, 2.24) is 14.8 Å². The second kappa shape index (κ2) is 7.22. The third-order valence-corrected chi connectivity index (χ3v) is 3.19. The molecule has 1 atom stereocenters. The SMILES string of the molecule is CCOc1ccc(C(O)Cc2ncnn2CC(C)C)cc1. The summed E-state index contributed by atoms with van der Waals surface area (Å²) in [6, 6.07) is 7.53. The van der Waals surface area contributed by atoms with Crippen molar-refractivity contribution in [3.05, 3.63) is 42.0 Å². The zero-order valence-corrected chi connectivity index (χ0v) is 12.9. The van der Waals surface area contributed by atoms with Crippen molar-refractivity contribution < 1.29 is 9.84 Å². The van der Waals surface area contributed by atoms with Gasteiger partial charge in [-0.05, 0) is 30.5 Å². The minimum Gasteiger partial charge on any atom is -0.494 e. The minimum atomic E-state index is -0.587. The van der Waals surface area contributed by atoms with Gasteiger partial charge in [-0.1, -0.05) is 26.0 Å². The quantitative estimate of drug-likeness (QED) is 0.851. The number of hydrogen-bond donors (Lipinski definition) is 1. The summed E-state index contributed by atoms with van der Waals surface area (Å²) >= 11 is 0. The highest BCUT2D eigenvalue weighted by Crippen LogP contribution is 2.20. The summed E-state index contributed by atoms with van der Waals surface area (Å²) in [5.41, 5.74) is 0.859. The van der Waals surface area contributed by atoms with E-state index < -0.39 is 6.10 Å². The van der Waals surface area contributed by atoms with Gasteiger partial charge in [-0.3, -0.25) is 0 Å². The molecule has 21 heavy (non-hydrogen) atoms. The molecule has 0 fully saturated rings. The second-order valence-electron chi connectivity index (χ2n) is 5.47. The average molecular weight is 289 g/mol. The van der Waals surface area contributed by atoms with Gasteiger partial charge in [-0.2, -0.15) is 5.10 Å². The van der Waals surface area contributed by atoms with Crippen molar-refractivity contribution in [2.75, 3.05) is 6.61 Å². The first-order valence-corrected chi connectivity index (χ1v) is 7.37. The average Bonchev–Trinajstić information content (AvgIpc) is 2.86. The maximum Gasteiger partial charge on any atom is 0.138 e. The van der Waals surface area contributed by atoms with Crippen LogP contribution in [0.3, 0.4) is 0 Å². The summed E-state index contributed by atoms with van der Waals surface area (Å²) in [6.45, 7) is 7.67. The van der Waals surface area contributed by atoms with Crippen LogP contribution in [0.2, 0.25) is 0 Å². The molecule has 1 heterocycles. The van der Waals surface area contributed by atoms with Crippen LogP contribution < -0.4 is 4.74 Å². The maximum absolute atomic E-state index is 10.3. The Morgan fingerprint density at radius 3 is 2.57 bits per heavy atom. The van der Waals surface area contributed by atoms with Crippen LogP contribution in [0.5, 0.6) is 5.75 Å². The van der Waals surface area contributed by atoms with E-state index >= 15 is 0 Å². The van der Waals surface area contributed by atoms with Crippen LogP contribution in [0.15, 0.2) is 30.6 Å². The van der Waals surface area contributed by atoms with Crippen molar-refractivity contribution in [3.8, 4) is 5.75 Å². The van der Waals surface area contributed by atoms with Crippen LogP contribution >= 0.6 is 0 Å². The van der Waals surface area contributed by atoms with Gasteiger partial charge >= 0.3 is 0 Å². The van der Waals surface area contributed by atoms with Crippen LogP contribution in [-0.4, -0.2) is 26.5 Å². The molecule has 0 aliphatic rings. The highest BCUT2D eigenvalue weighted by atomic mass is 16.5. The Balaban J connectivity index is 2.03. The number of ether oxygens (including phenoxy) is 1. The Hall–Kier alpha value is -1.88. The number of nitrogens with zero attached hydrogens (tertiary/aromatic N) is 3. The van der Waals surface area contributed by atoms with Gasteiger partial charge in [0.1, 0.15) is 17.9 Å². The van der Waals surface area contributed by atoms with E-state index in [2.05, 4.69) is 23.9 Å². The fourth-order valence-corrected chi connectivity index (χ4v) is 2.19. The van der Waals surface area contributed by atoms with E-state index in [1.807, 2.05) is 35.9 Å². The molecule has 1 aromatic carbocycles. The first-order chi connectivity index (χ1) is 10.1. The molecule has 0 bridgehead atoms. The Bertz CT molecular complexity index is 549. The third-order valence-electron chi connectivity index (χ3n) is 3.19. The first kappa shape index (κ1) is 15.5. The van der Waals surface area contributed by atoms with E-state index in [-0.39, 0.29) is 0 Å². The molecule has 5 nitrogen and oxygen atoms in total. The third kappa shape index (κ3) is 4.29. The largest absolute Gasteiger partial charge is 0.494 e. The highest BCUT2D eigenvalue weighted by molar-refractivity contribution is 5.28. The summed E-state index contributed by atoms with van der Waals surface area (Å²) in [7, 11) is 0. The molecule has 0 saturated carbocycles. The van der Waals surface area contributed by atoms with Crippen LogP contribution in [0, 0.1) is 5.92 Å². The van der Waals surface area contributed by atoms with E-state index in [0.29, 0.717) is 18.9 Å². The van der Waals surface area contributed by atoms with Gasteiger partial charge in [-0.15, -0.1) is 0 Å². The molecule has 0 amide bonds. The van der Waals surface area contributed by atoms with E-state index in [1.165, 1.54) is 0 Å². The lowest BCUT2D eigenvalue weighted by Crippen LogP contribution is -2.13. The molecule has 114 valence electrons. The number of hydrogen-bond acceptors (Lipinski definition) is 4. The molecule has 5 heteroatoms. The molecule has 0 spiro atoms. The number of rotatable bonds is 7. The zero-order valence-electron chi connectivity index (χ0n) is 12.9. The molecule has 2 aromatic rings. The van der Waals surface area contributed by atoms with Crippen LogP contribution in [0.25, 0.3) is 0 Å². The summed E-state index contributed by atoms with van der Waals surface area (Å²) in [4.78, 5) is 4.25. The van der Waals surface area contributed by atoms with E-state index in [9.17, 15) is 5.11 Å². The van der Waals surface area contributed by atoms with Crippen LogP contribution in [0.1, 0.15) is 38.3 Å². The molecule has 0 radical (unpaired) electrons. The minimum absolute atomic E-state index is 0.459. The molecule has 0 aliphatic carbocycles. The van der Waals surface area contributed by atoms with Crippen molar-refractivity contribution in [1.29, 1.82) is 0 Å². The van der Waals surface area contributed by atoms with Crippen molar-refractivity contribution in [3.63, 3.8) is 0 Å². The smallest absolute Gasteiger partial charge is 0.138 e. The number of aliphatic hydroxyl groups excluding tert-OH is 1. The summed E-state index contributed by atoms with van der Waals surface area (Å²) < 4.78 is 7.26. The van der Waals surface area contributed by atoms with Gasteiger partial charge in [0.05, 0.1) is 12.7 Å². The molecule has 2 rings (SSSR count). The Kier molecular flexibility index (Phi) is 5.33. The molecular weight excluding hydrogens is 266 g/mol. The molecular formula is C16H23N3O2. The predicted molar refractivity (Wildman–Crippen MR) is 81.1 cm³/mol. The van der Waals surface area contributed by atoms with Crippen molar-refractivity contribution >= 4 is 0 Å². The first-order valence-electron chi connectivity index (χ1n) is 7.37.